The van der Waals surface area contributed by atoms with Gasteiger partial charge in [-0.25, -0.2) is 14.8 Å². The van der Waals surface area contributed by atoms with Gasteiger partial charge in [-0.1, -0.05) is 31.9 Å². The van der Waals surface area contributed by atoms with Crippen molar-refractivity contribution in [3.05, 3.63) is 77.7 Å². The molecule has 4 aromatic rings. The monoisotopic (exact) mass is 620 g/mol. The van der Waals surface area contributed by atoms with Crippen LogP contribution in [0.5, 0.6) is 0 Å². The molecule has 0 radical (unpaired) electrons. The number of carbonyl (C=O) groups is 3. The molecule has 1 aromatic carbocycles. The number of carbonyl (C=O) groups excluding carboxylic acids is 3. The molecule has 2 fully saturated rings. The number of hydrogen-bond acceptors (Lipinski definition) is 8. The highest BCUT2D eigenvalue weighted by Crippen LogP contribution is 2.47. The standard InChI is InChI=1S/C37H40N4O5/c1-2-27(42)7-4-3-5-9-31(41-34(43)24-16-18-37(19-17-24)28-8-6-20-38-33(28)36(44)46-37)35-39-22-32(45-35)26-13-15-30-25(21-26)12-14-29(40-30)23-10-11-23/h6,8,12-15,20-24,31H,2-5,7,9-11,16-19H2,1H3,(H,41,43)/t24?,31-,37?/m0/s1. The van der Waals surface area contributed by atoms with E-state index in [1.807, 2.05) is 31.2 Å². The van der Waals surface area contributed by atoms with Gasteiger partial charge in [-0.15, -0.1) is 0 Å². The van der Waals surface area contributed by atoms with E-state index in [0.717, 1.165) is 41.3 Å². The number of ether oxygens (including phenoxy) is 1. The third kappa shape index (κ3) is 6.19. The summed E-state index contributed by atoms with van der Waals surface area (Å²) in [5.74, 6) is 1.36. The Bertz CT molecular complexity index is 1770. The first-order valence-corrected chi connectivity index (χ1v) is 16.8. The maximum Gasteiger partial charge on any atom is 0.358 e. The lowest BCUT2D eigenvalue weighted by molar-refractivity contribution is -0.129. The van der Waals surface area contributed by atoms with Gasteiger partial charge in [0.05, 0.1) is 11.7 Å². The molecule has 1 aliphatic heterocycles. The first-order chi connectivity index (χ1) is 22.4. The number of aromatic nitrogens is 3. The van der Waals surface area contributed by atoms with Gasteiger partial charge in [0, 0.05) is 53.1 Å². The third-order valence-electron chi connectivity index (χ3n) is 9.92. The zero-order valence-electron chi connectivity index (χ0n) is 26.3. The van der Waals surface area contributed by atoms with Crippen molar-refractivity contribution in [1.29, 1.82) is 0 Å². The molecule has 4 heterocycles. The Morgan fingerprint density at radius 2 is 1.87 bits per heavy atom. The van der Waals surface area contributed by atoms with Gasteiger partial charge >= 0.3 is 5.97 Å². The molecular weight excluding hydrogens is 580 g/mol. The summed E-state index contributed by atoms with van der Waals surface area (Å²) in [7, 11) is 0. The quantitative estimate of drug-likeness (QED) is 0.127. The van der Waals surface area contributed by atoms with Gasteiger partial charge in [0.15, 0.2) is 11.5 Å². The van der Waals surface area contributed by atoms with E-state index < -0.39 is 11.6 Å². The molecule has 46 heavy (non-hydrogen) atoms. The molecule has 1 spiro atoms. The van der Waals surface area contributed by atoms with Crippen molar-refractivity contribution in [3.63, 3.8) is 0 Å². The van der Waals surface area contributed by atoms with Crippen LogP contribution in [0.4, 0.5) is 0 Å². The van der Waals surface area contributed by atoms with Gasteiger partial charge < -0.3 is 14.5 Å². The molecule has 0 unspecified atom stereocenters. The zero-order chi connectivity index (χ0) is 31.7. The minimum atomic E-state index is -0.695. The van der Waals surface area contributed by atoms with Gasteiger partial charge in [0.25, 0.3) is 0 Å². The lowest BCUT2D eigenvalue weighted by Gasteiger charge is -2.36. The van der Waals surface area contributed by atoms with Gasteiger partial charge in [0.2, 0.25) is 11.8 Å². The van der Waals surface area contributed by atoms with Crippen molar-refractivity contribution in [2.24, 2.45) is 5.92 Å². The Morgan fingerprint density at radius 3 is 2.67 bits per heavy atom. The molecular formula is C37H40N4O5. The summed E-state index contributed by atoms with van der Waals surface area (Å²) in [6.07, 6.45) is 12.5. The van der Waals surface area contributed by atoms with Crippen LogP contribution in [0.15, 0.2) is 59.3 Å². The first-order valence-electron chi connectivity index (χ1n) is 16.8. The van der Waals surface area contributed by atoms with E-state index in [2.05, 4.69) is 33.5 Å². The lowest BCUT2D eigenvalue weighted by atomic mass is 9.75. The van der Waals surface area contributed by atoms with Gasteiger partial charge in [-0.3, -0.25) is 14.6 Å². The van der Waals surface area contributed by atoms with E-state index in [4.69, 9.17) is 14.1 Å². The molecule has 2 saturated carbocycles. The summed E-state index contributed by atoms with van der Waals surface area (Å²) < 4.78 is 12.2. The molecule has 9 heteroatoms. The molecule has 1 amide bonds. The van der Waals surface area contributed by atoms with Gasteiger partial charge in [0.1, 0.15) is 17.4 Å². The smallest absolute Gasteiger partial charge is 0.358 e. The number of hydrogen-bond donors (Lipinski definition) is 1. The molecule has 1 atom stereocenters. The molecule has 7 rings (SSSR count). The molecule has 1 N–H and O–H groups in total. The molecule has 238 valence electrons. The van der Waals surface area contributed by atoms with Crippen LogP contribution in [-0.2, 0) is 19.9 Å². The van der Waals surface area contributed by atoms with Crippen molar-refractivity contribution in [1.82, 2.24) is 20.3 Å². The molecule has 9 nitrogen and oxygen atoms in total. The minimum Gasteiger partial charge on any atom is -0.449 e. The Kier molecular flexibility index (Phi) is 8.40. The zero-order valence-corrected chi connectivity index (χ0v) is 26.3. The molecule has 0 saturated heterocycles. The van der Waals surface area contributed by atoms with E-state index in [0.29, 0.717) is 68.2 Å². The number of fused-ring (bicyclic) bond motifs is 3. The van der Waals surface area contributed by atoms with E-state index in [9.17, 15) is 14.4 Å². The Hall–Kier alpha value is -4.40. The average Bonchev–Trinajstić information content (AvgIpc) is 3.76. The van der Waals surface area contributed by atoms with Crippen LogP contribution in [0.1, 0.15) is 124 Å². The highest BCUT2D eigenvalue weighted by molar-refractivity contribution is 5.92. The predicted molar refractivity (Wildman–Crippen MR) is 172 cm³/mol. The summed E-state index contributed by atoms with van der Waals surface area (Å²) in [6, 6.07) is 13.7. The van der Waals surface area contributed by atoms with Crippen LogP contribution in [0, 0.1) is 5.92 Å². The summed E-state index contributed by atoms with van der Waals surface area (Å²) in [4.78, 5) is 51.6. The maximum absolute atomic E-state index is 13.7. The summed E-state index contributed by atoms with van der Waals surface area (Å²) in [6.45, 7) is 1.89. The first kappa shape index (κ1) is 30.3. The SMILES string of the molecule is CCC(=O)CCCCC[C@H](NC(=O)C1CCC2(CC1)OC(=O)c1ncccc12)c1ncc(-c2ccc3nc(C4CC4)ccc3c2)o1. The number of esters is 1. The number of nitrogens with zero attached hydrogens (tertiary/aromatic N) is 3. The normalized spacial score (nSPS) is 21.2. The van der Waals surface area contributed by atoms with Gasteiger partial charge in [-0.05, 0) is 81.7 Å². The highest BCUT2D eigenvalue weighted by atomic mass is 16.6. The topological polar surface area (TPSA) is 124 Å². The fourth-order valence-corrected chi connectivity index (χ4v) is 6.99. The number of unbranched alkanes of at least 4 members (excludes halogenated alkanes) is 2. The second kappa shape index (κ2) is 12.8. The van der Waals surface area contributed by atoms with E-state index in [1.165, 1.54) is 18.5 Å². The Morgan fingerprint density at radius 1 is 1.02 bits per heavy atom. The van der Waals surface area contributed by atoms with Crippen LogP contribution < -0.4 is 5.32 Å². The predicted octanol–water partition coefficient (Wildman–Crippen LogP) is 7.51. The van der Waals surface area contributed by atoms with Gasteiger partial charge in [-0.2, -0.15) is 0 Å². The van der Waals surface area contributed by atoms with Crippen LogP contribution in [0.3, 0.4) is 0 Å². The largest absolute Gasteiger partial charge is 0.449 e. The van der Waals surface area contributed by atoms with Crippen LogP contribution in [-0.4, -0.2) is 32.6 Å². The second-order valence-corrected chi connectivity index (χ2v) is 13.1. The Balaban J connectivity index is 1.04. The van der Waals surface area contributed by atoms with Crippen LogP contribution in [0.25, 0.3) is 22.2 Å². The van der Waals surface area contributed by atoms with Crippen molar-refractivity contribution in [2.75, 3.05) is 0 Å². The highest BCUT2D eigenvalue weighted by Gasteiger charge is 2.49. The number of amides is 1. The lowest BCUT2D eigenvalue weighted by Crippen LogP contribution is -2.40. The molecule has 3 aromatic heterocycles. The average molecular weight is 621 g/mol. The van der Waals surface area contributed by atoms with E-state index in [-0.39, 0.29) is 23.6 Å². The van der Waals surface area contributed by atoms with Crippen molar-refractivity contribution < 1.29 is 23.5 Å². The fraction of sp³-hybridized carbons (Fsp3) is 0.459. The van der Waals surface area contributed by atoms with Crippen LogP contribution in [0.2, 0.25) is 0 Å². The van der Waals surface area contributed by atoms with E-state index in [1.54, 1.807) is 12.4 Å². The van der Waals surface area contributed by atoms with Crippen molar-refractivity contribution >= 4 is 28.6 Å². The summed E-state index contributed by atoms with van der Waals surface area (Å²) in [5.41, 5.74) is 3.57. The molecule has 3 aliphatic rings. The number of benzene rings is 1. The number of pyridine rings is 2. The second-order valence-electron chi connectivity index (χ2n) is 13.1. The molecule has 0 bridgehead atoms. The van der Waals surface area contributed by atoms with Crippen molar-refractivity contribution in [3.8, 4) is 11.3 Å². The number of oxazole rings is 1. The fourth-order valence-electron chi connectivity index (χ4n) is 6.99. The third-order valence-corrected chi connectivity index (χ3v) is 9.92. The maximum atomic E-state index is 13.7. The summed E-state index contributed by atoms with van der Waals surface area (Å²) >= 11 is 0. The minimum absolute atomic E-state index is 0.0419. The van der Waals surface area contributed by atoms with Crippen molar-refractivity contribution in [2.45, 2.75) is 102 Å². The number of nitrogens with one attached hydrogen (secondary N) is 1. The van der Waals surface area contributed by atoms with E-state index >= 15 is 0 Å². The number of Topliss-reactive ketones (excluding diaryl/α,β-unsaturated/α-hetero) is 1. The Labute approximate surface area is 268 Å². The number of ketones is 1. The molecule has 2 aliphatic carbocycles. The number of rotatable bonds is 12. The summed E-state index contributed by atoms with van der Waals surface area (Å²) in [5, 5.41) is 4.29. The van der Waals surface area contributed by atoms with Crippen LogP contribution >= 0.6 is 0 Å².